The highest BCUT2D eigenvalue weighted by Gasteiger charge is 2.08. The van der Waals surface area contributed by atoms with Crippen LogP contribution in [-0.2, 0) is 0 Å². The molecule has 0 unspecified atom stereocenters. The van der Waals surface area contributed by atoms with Gasteiger partial charge in [-0.1, -0.05) is 15.9 Å². The van der Waals surface area contributed by atoms with Crippen LogP contribution in [-0.4, -0.2) is 13.2 Å². The van der Waals surface area contributed by atoms with Gasteiger partial charge in [-0.05, 0) is 113 Å². The Kier molecular flexibility index (Phi) is 8.33. The molecule has 0 radical (unpaired) electrons. The molecular weight excluding hydrogens is 636 g/mol. The van der Waals surface area contributed by atoms with Gasteiger partial charge in [-0.25, -0.2) is 0 Å². The van der Waals surface area contributed by atoms with E-state index in [-0.39, 0.29) is 0 Å². The molecule has 0 aliphatic carbocycles. The Morgan fingerprint density at radius 2 is 1.08 bits per heavy atom. The van der Waals surface area contributed by atoms with Gasteiger partial charge < -0.3 is 9.47 Å². The Morgan fingerprint density at radius 3 is 1.50 bits per heavy atom. The molecule has 0 saturated heterocycles. The van der Waals surface area contributed by atoms with E-state index in [1.165, 1.54) is 0 Å². The minimum Gasteiger partial charge on any atom is -0.487 e. The van der Waals surface area contributed by atoms with Gasteiger partial charge in [-0.15, -0.1) is 0 Å². The van der Waals surface area contributed by atoms with Crippen LogP contribution >= 0.6 is 79.6 Å². The molecule has 0 aromatic heterocycles. The quantitative estimate of drug-likeness (QED) is 0.298. The minimum atomic E-state index is 0.457. The van der Waals surface area contributed by atoms with Crippen molar-refractivity contribution in [2.75, 3.05) is 13.2 Å². The van der Waals surface area contributed by atoms with Gasteiger partial charge in [0.1, 0.15) is 24.7 Å². The molecule has 0 N–H and O–H groups in total. The number of rotatable bonds is 6. The number of aryl methyl sites for hydroxylation is 1. The van der Waals surface area contributed by atoms with Crippen LogP contribution < -0.4 is 9.47 Å². The van der Waals surface area contributed by atoms with Crippen LogP contribution in [0.5, 0.6) is 11.5 Å². The number of benzene rings is 2. The molecule has 0 aliphatic heterocycles. The van der Waals surface area contributed by atoms with Crippen LogP contribution in [0.15, 0.2) is 58.8 Å². The third-order valence-electron chi connectivity index (χ3n) is 2.92. The van der Waals surface area contributed by atoms with Crippen LogP contribution in [0.4, 0.5) is 0 Å². The molecule has 0 fully saturated rings. The highest BCUT2D eigenvalue weighted by molar-refractivity contribution is 9.12. The molecule has 0 bridgehead atoms. The summed E-state index contributed by atoms with van der Waals surface area (Å²) in [7, 11) is 0. The van der Waals surface area contributed by atoms with E-state index >= 15 is 0 Å². The van der Waals surface area contributed by atoms with Gasteiger partial charge in [0, 0.05) is 4.47 Å². The summed E-state index contributed by atoms with van der Waals surface area (Å²) in [6.45, 7) is 2.96. The van der Waals surface area contributed by atoms with Gasteiger partial charge in [0.2, 0.25) is 0 Å². The van der Waals surface area contributed by atoms with Crippen molar-refractivity contribution in [2.24, 2.45) is 0 Å². The van der Waals surface area contributed by atoms with E-state index in [0.717, 1.165) is 39.4 Å². The largest absolute Gasteiger partial charge is 0.487 e. The van der Waals surface area contributed by atoms with Crippen LogP contribution in [0, 0.1) is 6.92 Å². The van der Waals surface area contributed by atoms with Crippen molar-refractivity contribution < 1.29 is 9.47 Å². The van der Waals surface area contributed by atoms with E-state index in [1.807, 2.05) is 43.3 Å². The first kappa shape index (κ1) is 20.5. The van der Waals surface area contributed by atoms with Crippen molar-refractivity contribution in [2.45, 2.75) is 6.92 Å². The molecule has 7 heteroatoms. The molecule has 24 heavy (non-hydrogen) atoms. The summed E-state index contributed by atoms with van der Waals surface area (Å²) in [5, 5.41) is 0. The third kappa shape index (κ3) is 5.87. The fraction of sp³-hybridized carbons (Fsp3) is 0.176. The number of hydrogen-bond acceptors (Lipinski definition) is 2. The standard InChI is InChI=1S/C17H13Br5O2/c1-10-6-12(19)16(13(20)7-10)23-4-2-3-5-24-17-14(21)8-11(18)9-15(17)22/h2-3,6-9H,4-5H2,1H3/b3-2+. The fourth-order valence-electron chi connectivity index (χ4n) is 1.89. The summed E-state index contributed by atoms with van der Waals surface area (Å²) in [6, 6.07) is 7.93. The minimum absolute atomic E-state index is 0.457. The molecule has 0 spiro atoms. The van der Waals surface area contributed by atoms with Gasteiger partial charge in [0.25, 0.3) is 0 Å². The first-order chi connectivity index (χ1) is 11.4. The maximum absolute atomic E-state index is 5.78. The molecule has 2 aromatic rings. The molecule has 2 aromatic carbocycles. The van der Waals surface area contributed by atoms with Crippen molar-refractivity contribution in [1.82, 2.24) is 0 Å². The van der Waals surface area contributed by atoms with E-state index in [0.29, 0.717) is 13.2 Å². The predicted molar refractivity (Wildman–Crippen MR) is 116 cm³/mol. The van der Waals surface area contributed by atoms with E-state index in [4.69, 9.17) is 9.47 Å². The zero-order valence-electron chi connectivity index (χ0n) is 12.6. The predicted octanol–water partition coefficient (Wildman–Crippen LogP) is 7.82. The second-order valence-electron chi connectivity index (χ2n) is 4.85. The van der Waals surface area contributed by atoms with Crippen molar-refractivity contribution in [1.29, 1.82) is 0 Å². The highest BCUT2D eigenvalue weighted by atomic mass is 79.9. The van der Waals surface area contributed by atoms with E-state index in [2.05, 4.69) is 79.6 Å². The summed E-state index contributed by atoms with van der Waals surface area (Å²) in [6.07, 6.45) is 3.86. The van der Waals surface area contributed by atoms with Crippen molar-refractivity contribution >= 4 is 79.6 Å². The summed E-state index contributed by atoms with van der Waals surface area (Å²) in [5.41, 5.74) is 1.16. The van der Waals surface area contributed by atoms with Crippen molar-refractivity contribution in [3.63, 3.8) is 0 Å². The van der Waals surface area contributed by atoms with Crippen LogP contribution in [0.3, 0.4) is 0 Å². The summed E-state index contributed by atoms with van der Waals surface area (Å²) in [4.78, 5) is 0. The van der Waals surface area contributed by atoms with E-state index in [1.54, 1.807) is 0 Å². The first-order valence-electron chi connectivity index (χ1n) is 6.89. The van der Waals surface area contributed by atoms with Gasteiger partial charge in [0.05, 0.1) is 17.9 Å². The molecular formula is C17H13Br5O2. The molecule has 2 nitrogen and oxygen atoms in total. The molecule has 0 aliphatic rings. The molecule has 0 heterocycles. The Hall–Kier alpha value is 0.180. The van der Waals surface area contributed by atoms with E-state index < -0.39 is 0 Å². The Bertz CT molecular complexity index is 649. The Morgan fingerprint density at radius 1 is 0.708 bits per heavy atom. The number of halogens is 5. The Balaban J connectivity index is 1.86. The zero-order chi connectivity index (χ0) is 17.7. The smallest absolute Gasteiger partial charge is 0.148 e. The normalized spacial score (nSPS) is 11.1. The lowest BCUT2D eigenvalue weighted by molar-refractivity contribution is 0.346. The molecule has 128 valence electrons. The summed E-state index contributed by atoms with van der Waals surface area (Å²) < 4.78 is 16.2. The van der Waals surface area contributed by atoms with Gasteiger partial charge in [-0.2, -0.15) is 0 Å². The third-order valence-corrected chi connectivity index (χ3v) is 5.73. The summed E-state index contributed by atoms with van der Waals surface area (Å²) in [5.74, 6) is 1.57. The van der Waals surface area contributed by atoms with Gasteiger partial charge in [-0.3, -0.25) is 0 Å². The van der Waals surface area contributed by atoms with E-state index in [9.17, 15) is 0 Å². The SMILES string of the molecule is Cc1cc(Br)c(OC/C=C/COc2c(Br)cc(Br)cc2Br)c(Br)c1. The van der Waals surface area contributed by atoms with Crippen molar-refractivity contribution in [3.05, 3.63) is 64.3 Å². The maximum Gasteiger partial charge on any atom is 0.148 e. The topological polar surface area (TPSA) is 18.5 Å². The number of ether oxygens (including phenoxy) is 2. The second-order valence-corrected chi connectivity index (χ2v) is 9.18. The lowest BCUT2D eigenvalue weighted by atomic mass is 10.2. The summed E-state index contributed by atoms with van der Waals surface area (Å²) >= 11 is 17.4. The lowest BCUT2D eigenvalue weighted by Gasteiger charge is -2.10. The van der Waals surface area contributed by atoms with Crippen LogP contribution in [0.2, 0.25) is 0 Å². The molecule has 0 saturated carbocycles. The lowest BCUT2D eigenvalue weighted by Crippen LogP contribution is -1.99. The zero-order valence-corrected chi connectivity index (χ0v) is 20.5. The Labute approximate surface area is 183 Å². The highest BCUT2D eigenvalue weighted by Crippen LogP contribution is 2.36. The average molecular weight is 649 g/mol. The number of hydrogen-bond donors (Lipinski definition) is 0. The monoisotopic (exact) mass is 644 g/mol. The van der Waals surface area contributed by atoms with Gasteiger partial charge >= 0.3 is 0 Å². The molecule has 0 atom stereocenters. The fourth-order valence-corrected chi connectivity index (χ4v) is 6.02. The van der Waals surface area contributed by atoms with Crippen molar-refractivity contribution in [3.8, 4) is 11.5 Å². The molecule has 0 amide bonds. The second kappa shape index (κ2) is 9.76. The molecule has 2 rings (SSSR count). The average Bonchev–Trinajstić information content (AvgIpc) is 2.46. The van der Waals surface area contributed by atoms with Crippen LogP contribution in [0.25, 0.3) is 0 Å². The van der Waals surface area contributed by atoms with Gasteiger partial charge in [0.15, 0.2) is 0 Å². The first-order valence-corrected chi connectivity index (χ1v) is 10.9. The van der Waals surface area contributed by atoms with Crippen LogP contribution in [0.1, 0.15) is 5.56 Å². The maximum atomic E-state index is 5.78.